The van der Waals surface area contributed by atoms with Crippen LogP contribution < -0.4 is 10.6 Å². The maximum absolute atomic E-state index is 4.48. The second-order valence-electron chi connectivity index (χ2n) is 8.09. The van der Waals surface area contributed by atoms with Gasteiger partial charge in [-0.3, -0.25) is 14.6 Å². The first-order valence-corrected chi connectivity index (χ1v) is 11.1. The molecule has 0 spiro atoms. The van der Waals surface area contributed by atoms with Gasteiger partial charge in [0.05, 0.1) is 12.7 Å². The normalized spacial score (nSPS) is 17.1. The zero-order valence-electron chi connectivity index (χ0n) is 18.2. The molecule has 31 heavy (non-hydrogen) atoms. The van der Waals surface area contributed by atoms with E-state index < -0.39 is 0 Å². The van der Waals surface area contributed by atoms with E-state index in [-0.39, 0.29) is 0 Å². The van der Waals surface area contributed by atoms with Crippen molar-refractivity contribution < 1.29 is 0 Å². The Labute approximate surface area is 185 Å². The number of aromatic nitrogens is 2. The number of hydrogen-bond acceptors (Lipinski definition) is 3. The molecular formula is C25H32N6. The average molecular weight is 417 g/mol. The van der Waals surface area contributed by atoms with Crippen LogP contribution in [-0.2, 0) is 19.6 Å². The fourth-order valence-corrected chi connectivity index (χ4v) is 4.13. The molecule has 1 saturated heterocycles. The van der Waals surface area contributed by atoms with Gasteiger partial charge in [0, 0.05) is 44.5 Å². The van der Waals surface area contributed by atoms with Crippen molar-refractivity contribution in [1.29, 1.82) is 0 Å². The molecule has 1 unspecified atom stereocenters. The van der Waals surface area contributed by atoms with E-state index in [0.29, 0.717) is 12.6 Å². The van der Waals surface area contributed by atoms with Crippen molar-refractivity contribution >= 4 is 5.96 Å². The van der Waals surface area contributed by atoms with Crippen molar-refractivity contribution in [3.63, 3.8) is 0 Å². The Balaban J connectivity index is 1.23. The number of benzene rings is 2. The van der Waals surface area contributed by atoms with Gasteiger partial charge in [-0.1, -0.05) is 60.7 Å². The Morgan fingerprint density at radius 2 is 1.68 bits per heavy atom. The Morgan fingerprint density at radius 1 is 0.968 bits per heavy atom. The van der Waals surface area contributed by atoms with E-state index in [1.54, 1.807) is 0 Å². The molecule has 0 aliphatic carbocycles. The quantitative estimate of drug-likeness (QED) is 0.437. The minimum absolute atomic E-state index is 0.535. The molecule has 0 saturated carbocycles. The number of rotatable bonds is 8. The number of hydrogen-bond donors (Lipinski definition) is 2. The van der Waals surface area contributed by atoms with Gasteiger partial charge in [-0.2, -0.15) is 5.10 Å². The first-order valence-electron chi connectivity index (χ1n) is 11.1. The van der Waals surface area contributed by atoms with Crippen molar-refractivity contribution in [2.24, 2.45) is 4.99 Å². The van der Waals surface area contributed by atoms with Crippen molar-refractivity contribution in [3.05, 3.63) is 89.7 Å². The van der Waals surface area contributed by atoms with Crippen LogP contribution in [-0.4, -0.2) is 46.8 Å². The fourth-order valence-electron chi connectivity index (χ4n) is 4.13. The number of nitrogens with one attached hydrogen (secondary N) is 2. The van der Waals surface area contributed by atoms with E-state index in [1.807, 2.05) is 24.0 Å². The maximum atomic E-state index is 4.48. The van der Waals surface area contributed by atoms with E-state index in [2.05, 4.69) is 86.4 Å². The highest BCUT2D eigenvalue weighted by atomic mass is 15.3. The summed E-state index contributed by atoms with van der Waals surface area (Å²) in [4.78, 5) is 6.97. The molecule has 6 heteroatoms. The first kappa shape index (κ1) is 21.1. The lowest BCUT2D eigenvalue weighted by atomic mass is 10.2. The molecule has 6 nitrogen and oxygen atoms in total. The van der Waals surface area contributed by atoms with Crippen LogP contribution in [0.5, 0.6) is 0 Å². The average Bonchev–Trinajstić information content (AvgIpc) is 3.44. The van der Waals surface area contributed by atoms with Gasteiger partial charge in [0.25, 0.3) is 0 Å². The zero-order valence-corrected chi connectivity index (χ0v) is 18.2. The minimum atomic E-state index is 0.535. The minimum Gasteiger partial charge on any atom is -0.355 e. The van der Waals surface area contributed by atoms with E-state index in [1.165, 1.54) is 24.0 Å². The summed E-state index contributed by atoms with van der Waals surface area (Å²) in [5.41, 5.74) is 3.77. The van der Waals surface area contributed by atoms with Gasteiger partial charge in [0.2, 0.25) is 0 Å². The molecule has 4 rings (SSSR count). The summed E-state index contributed by atoms with van der Waals surface area (Å²) in [7, 11) is 1.82. The van der Waals surface area contributed by atoms with E-state index in [4.69, 9.17) is 0 Å². The largest absolute Gasteiger partial charge is 0.355 e. The molecule has 1 aromatic heterocycles. The highest BCUT2D eigenvalue weighted by Crippen LogP contribution is 2.19. The fraction of sp³-hybridized carbons (Fsp3) is 0.360. The number of aliphatic imine (C=N–C) groups is 1. The van der Waals surface area contributed by atoms with Crippen molar-refractivity contribution in [2.45, 2.75) is 38.5 Å². The zero-order chi connectivity index (χ0) is 21.3. The number of guanidine groups is 1. The van der Waals surface area contributed by atoms with Gasteiger partial charge >= 0.3 is 0 Å². The summed E-state index contributed by atoms with van der Waals surface area (Å²) in [5.74, 6) is 0.836. The summed E-state index contributed by atoms with van der Waals surface area (Å²) in [6.07, 6.45) is 6.49. The van der Waals surface area contributed by atoms with Crippen LogP contribution >= 0.6 is 0 Å². The second-order valence-corrected chi connectivity index (χ2v) is 8.09. The molecular weight excluding hydrogens is 384 g/mol. The maximum Gasteiger partial charge on any atom is 0.191 e. The van der Waals surface area contributed by atoms with Crippen LogP contribution in [0.15, 0.2) is 78.0 Å². The molecule has 1 fully saturated rings. The third-order valence-corrected chi connectivity index (χ3v) is 5.79. The molecule has 3 aromatic rings. The molecule has 0 bridgehead atoms. The van der Waals surface area contributed by atoms with Gasteiger partial charge < -0.3 is 10.6 Å². The van der Waals surface area contributed by atoms with Crippen LogP contribution in [0.4, 0.5) is 0 Å². The van der Waals surface area contributed by atoms with Gasteiger partial charge in [-0.25, -0.2) is 0 Å². The Hall–Kier alpha value is -3.12. The van der Waals surface area contributed by atoms with Crippen LogP contribution in [0.3, 0.4) is 0 Å². The molecule has 1 aliphatic rings. The molecule has 2 aromatic carbocycles. The van der Waals surface area contributed by atoms with Crippen LogP contribution in [0.2, 0.25) is 0 Å². The molecule has 162 valence electrons. The molecule has 1 aliphatic heterocycles. The SMILES string of the molecule is CN=C(NCc1cnn(Cc2ccccc2)c1)NCC1CCCN1Cc1ccccc1. The van der Waals surface area contributed by atoms with Crippen LogP contribution in [0, 0.1) is 0 Å². The van der Waals surface area contributed by atoms with Crippen molar-refractivity contribution in [3.8, 4) is 0 Å². The van der Waals surface area contributed by atoms with Gasteiger partial charge in [0.15, 0.2) is 5.96 Å². The van der Waals surface area contributed by atoms with E-state index >= 15 is 0 Å². The first-order chi connectivity index (χ1) is 15.3. The predicted molar refractivity (Wildman–Crippen MR) is 126 cm³/mol. The predicted octanol–water partition coefficient (Wildman–Crippen LogP) is 3.26. The molecule has 0 amide bonds. The van der Waals surface area contributed by atoms with Gasteiger partial charge in [0.1, 0.15) is 0 Å². The van der Waals surface area contributed by atoms with Gasteiger partial charge in [-0.05, 0) is 30.5 Å². The molecule has 2 heterocycles. The van der Waals surface area contributed by atoms with E-state index in [9.17, 15) is 0 Å². The highest BCUT2D eigenvalue weighted by Gasteiger charge is 2.24. The smallest absolute Gasteiger partial charge is 0.191 e. The number of likely N-dealkylation sites (tertiary alicyclic amines) is 1. The Morgan fingerprint density at radius 3 is 2.39 bits per heavy atom. The summed E-state index contributed by atoms with van der Waals surface area (Å²) in [6.45, 7) is 4.56. The third kappa shape index (κ3) is 6.18. The summed E-state index contributed by atoms with van der Waals surface area (Å²) < 4.78 is 1.97. The van der Waals surface area contributed by atoms with E-state index in [0.717, 1.165) is 37.7 Å². The van der Waals surface area contributed by atoms with Crippen molar-refractivity contribution in [2.75, 3.05) is 20.1 Å². The Kier molecular flexibility index (Phi) is 7.34. The lowest BCUT2D eigenvalue weighted by Gasteiger charge is -2.25. The third-order valence-electron chi connectivity index (χ3n) is 5.79. The monoisotopic (exact) mass is 416 g/mol. The molecule has 2 N–H and O–H groups in total. The number of nitrogens with zero attached hydrogens (tertiary/aromatic N) is 4. The Bertz CT molecular complexity index is 950. The second kappa shape index (κ2) is 10.8. The highest BCUT2D eigenvalue weighted by molar-refractivity contribution is 5.79. The summed E-state index contributed by atoms with van der Waals surface area (Å²) in [5, 5.41) is 11.4. The molecule has 0 radical (unpaired) electrons. The summed E-state index contributed by atoms with van der Waals surface area (Å²) >= 11 is 0. The van der Waals surface area contributed by atoms with Crippen LogP contribution in [0.1, 0.15) is 29.5 Å². The van der Waals surface area contributed by atoms with Gasteiger partial charge in [-0.15, -0.1) is 0 Å². The lowest BCUT2D eigenvalue weighted by Crippen LogP contribution is -2.44. The van der Waals surface area contributed by atoms with Crippen LogP contribution in [0.25, 0.3) is 0 Å². The van der Waals surface area contributed by atoms with Crippen molar-refractivity contribution in [1.82, 2.24) is 25.3 Å². The topological polar surface area (TPSA) is 57.5 Å². The standard InChI is InChI=1S/C25H32N6/c1-26-25(27-15-23-16-29-31(20-23)19-22-11-6-3-7-12-22)28-17-24-13-8-14-30(24)18-21-9-4-2-5-10-21/h2-7,9-12,16,20,24H,8,13-15,17-19H2,1H3,(H2,26,27,28). The molecule has 1 atom stereocenters. The lowest BCUT2D eigenvalue weighted by molar-refractivity contribution is 0.245. The summed E-state index contributed by atoms with van der Waals surface area (Å²) in [6, 6.07) is 21.7.